The van der Waals surface area contributed by atoms with Crippen LogP contribution in [0.15, 0.2) is 66.7 Å². The van der Waals surface area contributed by atoms with Gasteiger partial charge in [-0.25, -0.2) is 4.79 Å². The topological polar surface area (TPSA) is 49.4 Å². The Morgan fingerprint density at radius 2 is 1.65 bits per heavy atom. The van der Waals surface area contributed by atoms with Crippen LogP contribution in [0.1, 0.15) is 18.1 Å². The number of hydrogen-bond donors (Lipinski definition) is 1. The van der Waals surface area contributed by atoms with Crippen LogP contribution in [0.4, 0.5) is 4.79 Å². The Kier molecular flexibility index (Phi) is 3.93. The fraction of sp³-hybridized carbons (Fsp3) is 0.143. The zero-order valence-corrected chi connectivity index (χ0v) is 15.0. The number of carbonyl (C=O) groups excluding carboxylic acids is 2. The predicted molar refractivity (Wildman–Crippen MR) is 102 cm³/mol. The van der Waals surface area contributed by atoms with Gasteiger partial charge in [-0.1, -0.05) is 66.2 Å². The van der Waals surface area contributed by atoms with Crippen molar-refractivity contribution in [2.45, 2.75) is 19.0 Å². The van der Waals surface area contributed by atoms with Crippen LogP contribution in [0.2, 0.25) is 5.02 Å². The molecule has 1 heterocycles. The van der Waals surface area contributed by atoms with Crippen molar-refractivity contribution in [1.82, 2.24) is 10.2 Å². The first-order valence-electron chi connectivity index (χ1n) is 8.36. The van der Waals surface area contributed by atoms with E-state index >= 15 is 0 Å². The van der Waals surface area contributed by atoms with Crippen molar-refractivity contribution < 1.29 is 9.59 Å². The van der Waals surface area contributed by atoms with E-state index in [1.807, 2.05) is 42.5 Å². The van der Waals surface area contributed by atoms with Gasteiger partial charge in [0, 0.05) is 5.02 Å². The molecule has 0 spiro atoms. The number of carbonyl (C=O) groups is 2. The van der Waals surface area contributed by atoms with Crippen LogP contribution in [0.3, 0.4) is 0 Å². The largest absolute Gasteiger partial charge is 0.325 e. The summed E-state index contributed by atoms with van der Waals surface area (Å²) in [7, 11) is 0. The van der Waals surface area contributed by atoms with Gasteiger partial charge in [0.1, 0.15) is 5.54 Å². The summed E-state index contributed by atoms with van der Waals surface area (Å²) < 4.78 is 0. The number of nitrogens with one attached hydrogen (secondary N) is 1. The molecule has 0 bridgehead atoms. The van der Waals surface area contributed by atoms with E-state index < -0.39 is 5.54 Å². The molecule has 0 aliphatic carbocycles. The molecule has 4 nitrogen and oxygen atoms in total. The molecular formula is C21H17ClN2O2. The fourth-order valence-electron chi connectivity index (χ4n) is 3.42. The summed E-state index contributed by atoms with van der Waals surface area (Å²) in [4.78, 5) is 26.9. The first-order chi connectivity index (χ1) is 12.5. The van der Waals surface area contributed by atoms with Crippen molar-refractivity contribution in [2.24, 2.45) is 0 Å². The zero-order chi connectivity index (χ0) is 18.3. The van der Waals surface area contributed by atoms with Crippen molar-refractivity contribution in [1.29, 1.82) is 0 Å². The molecule has 4 rings (SSSR count). The van der Waals surface area contributed by atoms with Crippen LogP contribution in [0.5, 0.6) is 0 Å². The predicted octanol–water partition coefficient (Wildman–Crippen LogP) is 4.46. The minimum Gasteiger partial charge on any atom is -0.319 e. The highest BCUT2D eigenvalue weighted by Gasteiger charge is 2.48. The molecule has 1 N–H and O–H groups in total. The van der Waals surface area contributed by atoms with E-state index in [1.165, 1.54) is 4.90 Å². The minimum atomic E-state index is -1.09. The lowest BCUT2D eigenvalue weighted by atomic mass is 9.92. The number of hydrogen-bond acceptors (Lipinski definition) is 2. The number of amides is 3. The maximum absolute atomic E-state index is 13.1. The highest BCUT2D eigenvalue weighted by Crippen LogP contribution is 2.31. The Labute approximate surface area is 156 Å². The van der Waals surface area contributed by atoms with E-state index in [2.05, 4.69) is 5.32 Å². The second-order valence-electron chi connectivity index (χ2n) is 6.59. The number of imide groups is 1. The summed E-state index contributed by atoms with van der Waals surface area (Å²) in [5, 5.41) is 5.53. The van der Waals surface area contributed by atoms with Crippen molar-refractivity contribution in [2.75, 3.05) is 0 Å². The Morgan fingerprint density at radius 1 is 0.962 bits per heavy atom. The third-order valence-corrected chi connectivity index (χ3v) is 5.16. The molecule has 0 aromatic heterocycles. The molecule has 1 atom stereocenters. The van der Waals surface area contributed by atoms with Crippen LogP contribution < -0.4 is 5.32 Å². The first-order valence-corrected chi connectivity index (χ1v) is 8.73. The monoisotopic (exact) mass is 364 g/mol. The number of rotatable bonds is 3. The van der Waals surface area contributed by atoms with E-state index in [4.69, 9.17) is 11.6 Å². The van der Waals surface area contributed by atoms with E-state index in [0.717, 1.165) is 16.3 Å². The highest BCUT2D eigenvalue weighted by molar-refractivity contribution is 6.30. The number of fused-ring (bicyclic) bond motifs is 1. The lowest BCUT2D eigenvalue weighted by molar-refractivity contribution is -0.131. The quantitative estimate of drug-likeness (QED) is 0.697. The Balaban J connectivity index is 1.68. The molecule has 0 saturated carbocycles. The molecule has 1 fully saturated rings. The van der Waals surface area contributed by atoms with E-state index in [0.29, 0.717) is 10.6 Å². The summed E-state index contributed by atoms with van der Waals surface area (Å²) in [5.74, 6) is -0.266. The van der Waals surface area contributed by atoms with Gasteiger partial charge in [0.05, 0.1) is 6.54 Å². The van der Waals surface area contributed by atoms with Gasteiger partial charge in [-0.2, -0.15) is 0 Å². The van der Waals surface area contributed by atoms with Gasteiger partial charge in [-0.15, -0.1) is 0 Å². The minimum absolute atomic E-state index is 0.231. The van der Waals surface area contributed by atoms with E-state index in [1.54, 1.807) is 31.2 Å². The lowest BCUT2D eigenvalue weighted by Gasteiger charge is -2.22. The van der Waals surface area contributed by atoms with E-state index in [-0.39, 0.29) is 18.5 Å². The second-order valence-corrected chi connectivity index (χ2v) is 7.03. The van der Waals surface area contributed by atoms with E-state index in [9.17, 15) is 9.59 Å². The van der Waals surface area contributed by atoms with Crippen molar-refractivity contribution >= 4 is 34.3 Å². The summed E-state index contributed by atoms with van der Waals surface area (Å²) in [6, 6.07) is 20.4. The lowest BCUT2D eigenvalue weighted by Crippen LogP contribution is -2.40. The summed E-state index contributed by atoms with van der Waals surface area (Å²) in [5.41, 5.74) is 0.555. The van der Waals surface area contributed by atoms with Crippen molar-refractivity contribution in [3.05, 3.63) is 82.9 Å². The molecule has 3 aromatic rings. The zero-order valence-electron chi connectivity index (χ0n) is 14.2. The SMILES string of the molecule is C[C@@]1(c2ccc(Cl)cc2)NC(=O)N(Cc2cccc3ccccc23)C1=O. The van der Waals surface area contributed by atoms with Crippen molar-refractivity contribution in [3.8, 4) is 0 Å². The molecular weight excluding hydrogens is 348 g/mol. The Morgan fingerprint density at radius 3 is 2.42 bits per heavy atom. The van der Waals surface area contributed by atoms with Crippen LogP contribution in [0.25, 0.3) is 10.8 Å². The second kappa shape index (κ2) is 6.15. The number of nitrogens with zero attached hydrogens (tertiary/aromatic N) is 1. The van der Waals surface area contributed by atoms with Gasteiger partial charge in [0.25, 0.3) is 5.91 Å². The average molecular weight is 365 g/mol. The van der Waals surface area contributed by atoms with Gasteiger partial charge >= 0.3 is 6.03 Å². The molecule has 3 amide bonds. The van der Waals surface area contributed by atoms with Gasteiger partial charge in [-0.05, 0) is 41.0 Å². The maximum atomic E-state index is 13.1. The maximum Gasteiger partial charge on any atom is 0.325 e. The molecule has 3 aromatic carbocycles. The fourth-order valence-corrected chi connectivity index (χ4v) is 3.55. The standard InChI is InChI=1S/C21H17ClN2O2/c1-21(16-9-11-17(22)12-10-16)19(25)24(20(26)23-21)13-15-7-4-6-14-5-2-3-8-18(14)15/h2-12H,13H2,1H3,(H,23,26)/t21-/m0/s1. The van der Waals surface area contributed by atoms with Gasteiger partial charge in [0.2, 0.25) is 0 Å². The summed E-state index contributed by atoms with van der Waals surface area (Å²) in [6.07, 6.45) is 0. The van der Waals surface area contributed by atoms with Gasteiger partial charge in [0.15, 0.2) is 0 Å². The molecule has 1 aliphatic heterocycles. The molecule has 26 heavy (non-hydrogen) atoms. The normalized spacial score (nSPS) is 19.8. The van der Waals surface area contributed by atoms with Crippen LogP contribution in [-0.2, 0) is 16.9 Å². The molecule has 1 aliphatic rings. The third kappa shape index (κ3) is 2.63. The third-order valence-electron chi connectivity index (χ3n) is 4.90. The van der Waals surface area contributed by atoms with Crippen molar-refractivity contribution in [3.63, 3.8) is 0 Å². The molecule has 0 radical (unpaired) electrons. The highest BCUT2D eigenvalue weighted by atomic mass is 35.5. The summed E-state index contributed by atoms with van der Waals surface area (Å²) in [6.45, 7) is 1.95. The van der Waals surface area contributed by atoms with Crippen LogP contribution in [0, 0.1) is 0 Å². The number of urea groups is 1. The molecule has 130 valence electrons. The summed E-state index contributed by atoms with van der Waals surface area (Å²) >= 11 is 5.94. The Hall–Kier alpha value is -2.85. The van der Waals surface area contributed by atoms with Gasteiger partial charge in [-0.3, -0.25) is 9.69 Å². The smallest absolute Gasteiger partial charge is 0.319 e. The molecule has 0 unspecified atom stereocenters. The number of halogens is 1. The van der Waals surface area contributed by atoms with Crippen LogP contribution in [-0.4, -0.2) is 16.8 Å². The average Bonchev–Trinajstić information content (AvgIpc) is 2.86. The van der Waals surface area contributed by atoms with Crippen LogP contribution >= 0.6 is 11.6 Å². The Bertz CT molecular complexity index is 1010. The number of benzene rings is 3. The first kappa shape index (κ1) is 16.6. The molecule has 5 heteroatoms. The molecule has 1 saturated heterocycles. The van der Waals surface area contributed by atoms with Gasteiger partial charge < -0.3 is 5.32 Å².